The second kappa shape index (κ2) is 5.97. The van der Waals surface area contributed by atoms with Crippen LogP contribution in [0.1, 0.15) is 0 Å². The third kappa shape index (κ3) is 5.72. The van der Waals surface area contributed by atoms with Crippen LogP contribution in [0.2, 0.25) is 0 Å². The Balaban J connectivity index is 2.88. The maximum Gasteiger partial charge on any atom is 0.0895 e. The number of aliphatic hydroxyl groups excluding tert-OH is 2. The quantitative estimate of drug-likeness (QED) is 0.393. The first-order valence-corrected chi connectivity index (χ1v) is 2.88. The number of ether oxygens (including phenoxy) is 1. The van der Waals surface area contributed by atoms with Gasteiger partial charge in [-0.1, -0.05) is 0 Å². The molecular formula is C5H13NO3. The van der Waals surface area contributed by atoms with Crippen LogP contribution in [0.25, 0.3) is 0 Å². The topological polar surface area (TPSA) is 75.7 Å². The van der Waals surface area contributed by atoms with Crippen LogP contribution in [0.3, 0.4) is 0 Å². The summed E-state index contributed by atoms with van der Waals surface area (Å²) in [6.45, 7) is 0.650. The molecule has 0 heterocycles. The van der Waals surface area contributed by atoms with Crippen LogP contribution in [0.5, 0.6) is 0 Å². The number of rotatable bonds is 5. The molecule has 1 atom stereocenters. The maximum atomic E-state index is 8.75. The van der Waals surface area contributed by atoms with Crippen molar-refractivity contribution < 1.29 is 14.9 Å². The minimum Gasteiger partial charge on any atom is -0.394 e. The largest absolute Gasteiger partial charge is 0.394 e. The first-order chi connectivity index (χ1) is 4.31. The normalized spacial score (nSPS) is 13.7. The van der Waals surface area contributed by atoms with Gasteiger partial charge in [0.05, 0.1) is 25.9 Å². The summed E-state index contributed by atoms with van der Waals surface area (Å²) in [6.07, 6.45) is -0.600. The molecule has 0 aliphatic rings. The van der Waals surface area contributed by atoms with Crippen molar-refractivity contribution in [1.82, 2.24) is 0 Å². The van der Waals surface area contributed by atoms with Gasteiger partial charge in [-0.05, 0) is 0 Å². The van der Waals surface area contributed by atoms with Crippen molar-refractivity contribution in [2.45, 2.75) is 6.10 Å². The summed E-state index contributed by atoms with van der Waals surface area (Å²) >= 11 is 0. The van der Waals surface area contributed by atoms with Crippen LogP contribution in [0.4, 0.5) is 0 Å². The third-order valence-electron chi connectivity index (χ3n) is 0.818. The smallest absolute Gasteiger partial charge is 0.0895 e. The molecule has 4 nitrogen and oxygen atoms in total. The van der Waals surface area contributed by atoms with E-state index in [1.165, 1.54) is 0 Å². The fourth-order valence-electron chi connectivity index (χ4n) is 0.352. The minimum atomic E-state index is -0.600. The van der Waals surface area contributed by atoms with Gasteiger partial charge in [0, 0.05) is 6.54 Å². The zero-order valence-electron chi connectivity index (χ0n) is 5.29. The molecule has 0 amide bonds. The van der Waals surface area contributed by atoms with Crippen LogP contribution in [0.15, 0.2) is 0 Å². The van der Waals surface area contributed by atoms with E-state index < -0.39 is 6.10 Å². The van der Waals surface area contributed by atoms with Crippen molar-refractivity contribution in [3.05, 3.63) is 0 Å². The number of aliphatic hydroxyl groups is 2. The summed E-state index contributed by atoms with van der Waals surface area (Å²) in [5, 5.41) is 17.0. The van der Waals surface area contributed by atoms with Gasteiger partial charge in [0.1, 0.15) is 0 Å². The Labute approximate surface area is 54.2 Å². The molecule has 9 heavy (non-hydrogen) atoms. The summed E-state index contributed by atoms with van der Waals surface area (Å²) in [6, 6.07) is 0. The van der Waals surface area contributed by atoms with Crippen LogP contribution < -0.4 is 5.73 Å². The minimum absolute atomic E-state index is 0.0166. The monoisotopic (exact) mass is 135 g/mol. The third-order valence-corrected chi connectivity index (χ3v) is 0.818. The van der Waals surface area contributed by atoms with Crippen molar-refractivity contribution in [1.29, 1.82) is 0 Å². The lowest BCUT2D eigenvalue weighted by atomic mass is 10.4. The lowest BCUT2D eigenvalue weighted by Crippen LogP contribution is -2.25. The van der Waals surface area contributed by atoms with Gasteiger partial charge in [-0.3, -0.25) is 0 Å². The second-order valence-electron chi connectivity index (χ2n) is 1.69. The highest BCUT2D eigenvalue weighted by Gasteiger charge is 1.98. The molecule has 0 aromatic rings. The van der Waals surface area contributed by atoms with Crippen molar-refractivity contribution in [2.24, 2.45) is 5.73 Å². The van der Waals surface area contributed by atoms with E-state index in [2.05, 4.69) is 0 Å². The molecule has 56 valence electrons. The van der Waals surface area contributed by atoms with Gasteiger partial charge in [-0.2, -0.15) is 0 Å². The first kappa shape index (κ1) is 8.84. The van der Waals surface area contributed by atoms with Gasteiger partial charge in [-0.25, -0.2) is 0 Å². The fraction of sp³-hybridized carbons (Fsp3) is 1.00. The standard InChI is InChI=1S/C5H13NO3/c6-3-5(8)4-9-2-1-7/h5,7-8H,1-4,6H2. The lowest BCUT2D eigenvalue weighted by molar-refractivity contribution is 0.0253. The fourth-order valence-corrected chi connectivity index (χ4v) is 0.352. The van der Waals surface area contributed by atoms with Crippen LogP contribution >= 0.6 is 0 Å². The highest BCUT2D eigenvalue weighted by molar-refractivity contribution is 4.51. The Bertz CT molecular complexity index is 60.2. The summed E-state index contributed by atoms with van der Waals surface area (Å²) in [7, 11) is 0. The Hall–Kier alpha value is -0.160. The SMILES string of the molecule is NCC(O)COCCO. The molecule has 4 heteroatoms. The molecular weight excluding hydrogens is 122 g/mol. The van der Waals surface area contributed by atoms with Gasteiger partial charge >= 0.3 is 0 Å². The van der Waals surface area contributed by atoms with E-state index in [0.29, 0.717) is 0 Å². The van der Waals surface area contributed by atoms with E-state index in [1.54, 1.807) is 0 Å². The van der Waals surface area contributed by atoms with Crippen molar-refractivity contribution >= 4 is 0 Å². The van der Waals surface area contributed by atoms with Crippen molar-refractivity contribution in [2.75, 3.05) is 26.4 Å². The number of hydrogen-bond acceptors (Lipinski definition) is 4. The zero-order chi connectivity index (χ0) is 7.11. The van der Waals surface area contributed by atoms with E-state index in [-0.39, 0.29) is 26.4 Å². The van der Waals surface area contributed by atoms with Gasteiger partial charge in [0.25, 0.3) is 0 Å². The first-order valence-electron chi connectivity index (χ1n) is 2.88. The molecule has 0 saturated carbocycles. The Morgan fingerprint density at radius 1 is 1.56 bits per heavy atom. The Morgan fingerprint density at radius 2 is 2.22 bits per heavy atom. The lowest BCUT2D eigenvalue weighted by Gasteiger charge is -2.06. The molecule has 4 N–H and O–H groups in total. The van der Waals surface area contributed by atoms with E-state index in [1.807, 2.05) is 0 Å². The van der Waals surface area contributed by atoms with Crippen molar-refractivity contribution in [3.8, 4) is 0 Å². The molecule has 0 radical (unpaired) electrons. The van der Waals surface area contributed by atoms with Crippen LogP contribution in [0, 0.1) is 0 Å². The summed E-state index contributed by atoms with van der Waals surface area (Å²) in [4.78, 5) is 0. The van der Waals surface area contributed by atoms with E-state index in [0.717, 1.165) is 0 Å². The molecule has 0 aromatic heterocycles. The summed E-state index contributed by atoms with van der Waals surface area (Å²) < 4.78 is 4.76. The van der Waals surface area contributed by atoms with E-state index >= 15 is 0 Å². The van der Waals surface area contributed by atoms with Crippen molar-refractivity contribution in [3.63, 3.8) is 0 Å². The average Bonchev–Trinajstić information content (AvgIpc) is 1.89. The van der Waals surface area contributed by atoms with Gasteiger partial charge in [0.15, 0.2) is 0 Å². The predicted octanol–water partition coefficient (Wildman–Crippen LogP) is -1.69. The zero-order valence-corrected chi connectivity index (χ0v) is 5.29. The summed E-state index contributed by atoms with van der Waals surface area (Å²) in [5.74, 6) is 0. The Morgan fingerprint density at radius 3 is 2.67 bits per heavy atom. The van der Waals surface area contributed by atoms with Crippen LogP contribution in [-0.2, 0) is 4.74 Å². The summed E-state index contributed by atoms with van der Waals surface area (Å²) in [5.41, 5.74) is 5.06. The maximum absolute atomic E-state index is 8.75. The van der Waals surface area contributed by atoms with Gasteiger partial charge in [0.2, 0.25) is 0 Å². The molecule has 1 unspecified atom stereocenters. The molecule has 0 spiro atoms. The van der Waals surface area contributed by atoms with Gasteiger partial charge in [-0.15, -0.1) is 0 Å². The predicted molar refractivity (Wildman–Crippen MR) is 33.0 cm³/mol. The average molecular weight is 135 g/mol. The number of nitrogens with two attached hydrogens (primary N) is 1. The molecule has 0 saturated heterocycles. The molecule has 0 aliphatic heterocycles. The van der Waals surface area contributed by atoms with Gasteiger partial charge < -0.3 is 20.7 Å². The second-order valence-corrected chi connectivity index (χ2v) is 1.69. The highest BCUT2D eigenvalue weighted by Crippen LogP contribution is 1.80. The Kier molecular flexibility index (Phi) is 5.86. The number of hydrogen-bond donors (Lipinski definition) is 3. The van der Waals surface area contributed by atoms with E-state index in [9.17, 15) is 0 Å². The van der Waals surface area contributed by atoms with E-state index in [4.69, 9.17) is 20.7 Å². The molecule has 0 rings (SSSR count). The molecule has 0 bridgehead atoms. The highest BCUT2D eigenvalue weighted by atomic mass is 16.5. The molecule has 0 aliphatic carbocycles. The molecule has 0 aromatic carbocycles. The van der Waals surface area contributed by atoms with Crippen LogP contribution in [-0.4, -0.2) is 42.7 Å². The molecule has 0 fully saturated rings.